The van der Waals surface area contributed by atoms with Gasteiger partial charge in [0, 0.05) is 13.0 Å². The van der Waals surface area contributed by atoms with Crippen molar-refractivity contribution >= 4 is 49.1 Å². The molecule has 0 aromatic rings. The van der Waals surface area contributed by atoms with Crippen molar-refractivity contribution in [3.05, 3.63) is 0 Å². The van der Waals surface area contributed by atoms with Crippen molar-refractivity contribution in [1.29, 1.82) is 0 Å². The molecule has 1 fully saturated rings. The van der Waals surface area contributed by atoms with Crippen molar-refractivity contribution in [3.8, 4) is 0 Å². The number of carbonyl (C=O) groups is 4. The lowest BCUT2D eigenvalue weighted by Gasteiger charge is -1.96. The quantitative estimate of drug-likeness (QED) is 0.139. The van der Waals surface area contributed by atoms with Crippen LogP contribution in [-0.4, -0.2) is 134 Å². The number of hydrogen-bond donors (Lipinski definition) is 14. The number of urea groups is 1. The Hall–Kier alpha value is -1.90. The van der Waals surface area contributed by atoms with Crippen LogP contribution in [0, 0.1) is 0 Å². The molecule has 0 radical (unpaired) electrons. The summed E-state index contributed by atoms with van der Waals surface area (Å²) in [6, 6.07) is -0.833. The maximum absolute atomic E-state index is 10.1. The summed E-state index contributed by atoms with van der Waals surface area (Å²) in [7, 11) is 0. The minimum Gasteiger partial charge on any atom is -0.481 e. The largest absolute Gasteiger partial charge is 0.481 e. The number of amides is 3. The van der Waals surface area contributed by atoms with Gasteiger partial charge in [-0.1, -0.05) is 0 Å². The third-order valence-corrected chi connectivity index (χ3v) is 2.34. The number of aliphatic carboxylic acids is 2. The van der Waals surface area contributed by atoms with Gasteiger partial charge in [-0.2, -0.15) is 25.3 Å². The Morgan fingerprint density at radius 3 is 1.12 bits per heavy atom. The Kier molecular flexibility index (Phi) is 60.0. The van der Waals surface area contributed by atoms with E-state index in [4.69, 9.17) is 50.8 Å². The van der Waals surface area contributed by atoms with Gasteiger partial charge in [0.15, 0.2) is 0 Å². The van der Waals surface area contributed by atoms with E-state index >= 15 is 0 Å². The molecule has 0 atom stereocenters. The van der Waals surface area contributed by atoms with Crippen LogP contribution in [0.3, 0.4) is 0 Å². The topological polar surface area (TPSA) is 314 Å². The Balaban J connectivity index is -0.0000000678. The summed E-state index contributed by atoms with van der Waals surface area (Å²) in [6.45, 7) is -0.341. The van der Waals surface area contributed by atoms with Gasteiger partial charge in [-0.3, -0.25) is 14.4 Å². The average molecular weight is 546 g/mol. The smallest absolute Gasteiger partial charge is 0.313 e. The molecular formula is C16H39N3O13S2. The van der Waals surface area contributed by atoms with Crippen LogP contribution in [0.1, 0.15) is 12.8 Å². The van der Waals surface area contributed by atoms with Crippen LogP contribution in [0.25, 0.3) is 0 Å². The molecule has 0 aromatic carbocycles. The Morgan fingerprint density at radius 2 is 1.09 bits per heavy atom. The molecule has 0 bridgehead atoms. The zero-order chi connectivity index (χ0) is 28.4. The fourth-order valence-corrected chi connectivity index (χ4v) is 0.623. The lowest BCUT2D eigenvalue weighted by atomic mass is 10.4. The van der Waals surface area contributed by atoms with E-state index in [1.54, 1.807) is 0 Å². The molecule has 1 aliphatic heterocycles. The molecule has 18 heteroatoms. The summed E-state index contributed by atoms with van der Waals surface area (Å²) in [4.78, 5) is 37.7. The van der Waals surface area contributed by atoms with E-state index < -0.39 is 24.1 Å². The summed E-state index contributed by atoms with van der Waals surface area (Å²) in [5.41, 5.74) is 8.50. The Bertz CT molecular complexity index is 412. The van der Waals surface area contributed by atoms with Crippen LogP contribution >= 0.6 is 25.3 Å². The fraction of sp³-hybridized carbons (Fsp3) is 0.750. The van der Waals surface area contributed by atoms with Gasteiger partial charge in [-0.05, 0) is 6.42 Å². The van der Waals surface area contributed by atoms with E-state index in [0.29, 0.717) is 0 Å². The molecule has 0 spiro atoms. The van der Waals surface area contributed by atoms with E-state index in [1.807, 2.05) is 0 Å². The van der Waals surface area contributed by atoms with Gasteiger partial charge in [-0.15, -0.1) is 0 Å². The molecule has 0 unspecified atom stereocenters. The number of aliphatic hydroxyl groups is 7. The van der Waals surface area contributed by atoms with Gasteiger partial charge in [0.2, 0.25) is 5.91 Å². The molecule has 208 valence electrons. The molecule has 0 saturated carbocycles. The second kappa shape index (κ2) is 44.7. The van der Waals surface area contributed by atoms with Crippen LogP contribution < -0.4 is 16.8 Å². The second-order valence-electron chi connectivity index (χ2n) is 4.87. The Morgan fingerprint density at radius 1 is 0.824 bits per heavy atom. The van der Waals surface area contributed by atoms with Gasteiger partial charge in [0.05, 0.1) is 51.1 Å². The number of carboxylic acids is 2. The van der Waals surface area contributed by atoms with Crippen molar-refractivity contribution < 1.29 is 65.1 Å². The van der Waals surface area contributed by atoms with Crippen molar-refractivity contribution in [2.45, 2.75) is 18.9 Å². The number of thiol groups is 2. The normalized spacial score (nSPS) is 10.1. The van der Waals surface area contributed by atoms with Crippen LogP contribution in [0.15, 0.2) is 0 Å². The lowest BCUT2D eigenvalue weighted by Crippen LogP contribution is -2.18. The van der Waals surface area contributed by atoms with E-state index in [0.717, 1.165) is 19.4 Å². The highest BCUT2D eigenvalue weighted by atomic mass is 32.1. The summed E-state index contributed by atoms with van der Waals surface area (Å²) >= 11 is 6.83. The number of carboxylic acid groups (broad SMARTS) is 2. The highest BCUT2D eigenvalue weighted by Gasteiger charge is 2.05. The van der Waals surface area contributed by atoms with Gasteiger partial charge in [-0.25, -0.2) is 4.79 Å². The summed E-state index contributed by atoms with van der Waals surface area (Å²) in [5, 5.41) is 72.5. The van der Waals surface area contributed by atoms with Crippen LogP contribution in [0.4, 0.5) is 4.79 Å². The number of primary amides is 2. The third kappa shape index (κ3) is 112. The molecule has 16 nitrogen and oxygen atoms in total. The summed E-state index contributed by atoms with van der Waals surface area (Å²) in [6.07, 6.45) is 0.809. The standard InChI is InChI=1S/C4H7NO.C3H8O3.2C2H4O2S.2C2H6O2.CH4N2O/c6-4-2-1-3-5-4;4-1-3(6)2-5;2*3-2(4)1-5;2*3-1-2-4;2-1(3)4/h1-3H2,(H,5,6);3-6H,1-2H2;2*5H,1H2,(H,3,4);2*3-4H,1-2H2;(H4,2,3,4). The zero-order valence-electron chi connectivity index (χ0n) is 18.6. The van der Waals surface area contributed by atoms with Crippen molar-refractivity contribution in [2.75, 3.05) is 57.7 Å². The minimum absolute atomic E-state index is 0.0833. The first kappa shape index (κ1) is 45.6. The van der Waals surface area contributed by atoms with Crippen LogP contribution in [0.5, 0.6) is 0 Å². The first-order valence-corrected chi connectivity index (χ1v) is 10.4. The number of carbonyl (C=O) groups excluding carboxylic acids is 2. The minimum atomic E-state index is -0.954. The molecule has 0 aromatic heterocycles. The molecule has 3 amide bonds. The van der Waals surface area contributed by atoms with E-state index in [9.17, 15) is 14.4 Å². The predicted octanol–water partition coefficient (Wildman–Crippen LogP) is -4.80. The molecule has 34 heavy (non-hydrogen) atoms. The predicted molar refractivity (Wildman–Crippen MR) is 128 cm³/mol. The zero-order valence-corrected chi connectivity index (χ0v) is 20.4. The lowest BCUT2D eigenvalue weighted by molar-refractivity contribution is -0.134. The molecule has 0 aliphatic carbocycles. The molecule has 1 rings (SSSR count). The molecule has 1 saturated heterocycles. The number of hydrogen-bond acceptors (Lipinski definition) is 13. The average Bonchev–Trinajstić information content (AvgIpc) is 3.30. The maximum Gasteiger partial charge on any atom is 0.313 e. The van der Waals surface area contributed by atoms with Crippen molar-refractivity contribution in [3.63, 3.8) is 0 Å². The highest BCUT2D eigenvalue weighted by Crippen LogP contribution is 1.93. The third-order valence-electron chi connectivity index (χ3n) is 1.79. The van der Waals surface area contributed by atoms with Gasteiger partial charge < -0.3 is 62.7 Å². The van der Waals surface area contributed by atoms with Crippen LogP contribution in [0.2, 0.25) is 0 Å². The second-order valence-corrected chi connectivity index (χ2v) is 5.51. The number of rotatable bonds is 6. The van der Waals surface area contributed by atoms with Crippen molar-refractivity contribution in [1.82, 2.24) is 5.32 Å². The number of nitrogens with one attached hydrogen (secondary N) is 1. The van der Waals surface area contributed by atoms with Gasteiger partial charge in [0.25, 0.3) is 0 Å². The maximum atomic E-state index is 10.1. The molecular weight excluding hydrogens is 506 g/mol. The molecule has 1 aliphatic rings. The SMILES string of the molecule is NC(N)=O.O=C(O)CS.O=C(O)CS.O=C1CCCN1.OCC(O)CO.OCCO.OCCO. The summed E-state index contributed by atoms with van der Waals surface area (Å²) < 4.78 is 0. The fourth-order valence-electron chi connectivity index (χ4n) is 0.623. The van der Waals surface area contributed by atoms with Crippen LogP contribution in [-0.2, 0) is 14.4 Å². The monoisotopic (exact) mass is 545 g/mol. The number of nitrogens with two attached hydrogens (primary N) is 2. The first-order valence-electron chi connectivity index (χ1n) is 9.11. The Labute approximate surface area is 208 Å². The van der Waals surface area contributed by atoms with Gasteiger partial charge >= 0.3 is 18.0 Å². The highest BCUT2D eigenvalue weighted by molar-refractivity contribution is 7.81. The number of aliphatic hydroxyl groups excluding tert-OH is 7. The molecule has 14 N–H and O–H groups in total. The first-order chi connectivity index (χ1) is 15.8. The molecule has 1 heterocycles. The van der Waals surface area contributed by atoms with E-state index in [-0.39, 0.29) is 57.1 Å². The van der Waals surface area contributed by atoms with Crippen molar-refractivity contribution in [2.24, 2.45) is 11.5 Å². The van der Waals surface area contributed by atoms with E-state index in [1.165, 1.54) is 0 Å². The van der Waals surface area contributed by atoms with Gasteiger partial charge in [0.1, 0.15) is 6.10 Å². The van der Waals surface area contributed by atoms with E-state index in [2.05, 4.69) is 42.0 Å². The summed E-state index contributed by atoms with van der Waals surface area (Å²) in [5.74, 6) is -1.73.